The maximum atomic E-state index is 13.8. The largest absolute Gasteiger partial charge is 0.497 e. The Morgan fingerprint density at radius 3 is 2.38 bits per heavy atom. The Kier molecular flexibility index (Phi) is 8.23. The number of fused-ring (bicyclic) bond motifs is 1. The number of carbonyl (C=O) groups excluding carboxylic acids is 1. The van der Waals surface area contributed by atoms with E-state index in [1.807, 2.05) is 78.6 Å². The van der Waals surface area contributed by atoms with E-state index < -0.39 is 6.04 Å². The molecule has 1 atom stereocenters. The lowest BCUT2D eigenvalue weighted by atomic mass is 10.1. The van der Waals surface area contributed by atoms with E-state index in [4.69, 9.17) is 14.5 Å². The number of para-hydroxylation sites is 3. The molecule has 4 aromatic rings. The highest BCUT2D eigenvalue weighted by molar-refractivity contribution is 5.80. The number of methoxy groups -OCH3 is 2. The van der Waals surface area contributed by atoms with Crippen LogP contribution >= 0.6 is 0 Å². The molecule has 37 heavy (non-hydrogen) atoms. The lowest BCUT2D eigenvalue weighted by Crippen LogP contribution is -2.39. The fourth-order valence-electron chi connectivity index (χ4n) is 4.50. The number of aromatic nitrogens is 2. The van der Waals surface area contributed by atoms with Crippen LogP contribution in [-0.2, 0) is 11.2 Å². The molecule has 4 rings (SSSR count). The Balaban J connectivity index is 1.82. The number of carbonyl (C=O) groups is 1. The van der Waals surface area contributed by atoms with Crippen LogP contribution in [0.25, 0.3) is 16.6 Å². The first-order valence-electron chi connectivity index (χ1n) is 12.6. The van der Waals surface area contributed by atoms with Gasteiger partial charge in [-0.25, -0.2) is 4.98 Å². The molecule has 0 radical (unpaired) electrons. The topological polar surface area (TPSA) is 73.7 Å². The number of hydrogen-bond acceptors (Lipinski definition) is 5. The summed E-state index contributed by atoms with van der Waals surface area (Å²) in [5, 5.41) is 0.508. The molecule has 0 saturated heterocycles. The van der Waals surface area contributed by atoms with Gasteiger partial charge < -0.3 is 14.4 Å². The van der Waals surface area contributed by atoms with Crippen molar-refractivity contribution >= 4 is 16.8 Å². The lowest BCUT2D eigenvalue weighted by molar-refractivity contribution is -0.132. The van der Waals surface area contributed by atoms with Crippen molar-refractivity contribution in [1.82, 2.24) is 14.5 Å². The first kappa shape index (κ1) is 25.9. The van der Waals surface area contributed by atoms with Crippen molar-refractivity contribution in [1.29, 1.82) is 0 Å². The molecule has 1 heterocycles. The highest BCUT2D eigenvalue weighted by Gasteiger charge is 2.27. The van der Waals surface area contributed by atoms with E-state index in [1.165, 1.54) is 0 Å². The van der Waals surface area contributed by atoms with Crippen LogP contribution in [0, 0.1) is 0 Å². The molecule has 0 aliphatic rings. The number of rotatable bonds is 10. The number of amides is 1. The fourth-order valence-corrected chi connectivity index (χ4v) is 4.50. The van der Waals surface area contributed by atoms with Crippen molar-refractivity contribution in [3.63, 3.8) is 0 Å². The van der Waals surface area contributed by atoms with Gasteiger partial charge in [-0.15, -0.1) is 0 Å². The SMILES string of the molecule is CCCCN(C(=O)Cc1ccc(OC)cc1)C(C)c1nc2ccccc2c(=O)n1-c1ccccc1OC. The van der Waals surface area contributed by atoms with Gasteiger partial charge in [0.05, 0.1) is 43.3 Å². The van der Waals surface area contributed by atoms with Gasteiger partial charge >= 0.3 is 0 Å². The first-order chi connectivity index (χ1) is 18.0. The number of ether oxygens (including phenoxy) is 2. The minimum atomic E-state index is -0.459. The van der Waals surface area contributed by atoms with Gasteiger partial charge in [-0.3, -0.25) is 14.2 Å². The Morgan fingerprint density at radius 1 is 0.973 bits per heavy atom. The summed E-state index contributed by atoms with van der Waals surface area (Å²) in [6, 6.07) is 21.7. The second-order valence-electron chi connectivity index (χ2n) is 8.94. The van der Waals surface area contributed by atoms with Crippen molar-refractivity contribution in [3.05, 3.63) is 94.5 Å². The molecular weight excluding hydrogens is 466 g/mol. The summed E-state index contributed by atoms with van der Waals surface area (Å²) in [7, 11) is 3.19. The summed E-state index contributed by atoms with van der Waals surface area (Å²) < 4.78 is 12.4. The van der Waals surface area contributed by atoms with E-state index in [2.05, 4.69) is 6.92 Å². The molecule has 7 heteroatoms. The van der Waals surface area contributed by atoms with Crippen LogP contribution in [0.2, 0.25) is 0 Å². The zero-order valence-corrected chi connectivity index (χ0v) is 21.8. The van der Waals surface area contributed by atoms with E-state index in [-0.39, 0.29) is 17.9 Å². The van der Waals surface area contributed by atoms with E-state index in [0.717, 1.165) is 24.2 Å². The van der Waals surface area contributed by atoms with Gasteiger partial charge in [0.2, 0.25) is 5.91 Å². The van der Waals surface area contributed by atoms with E-state index in [0.29, 0.717) is 34.7 Å². The summed E-state index contributed by atoms with van der Waals surface area (Å²) in [6.07, 6.45) is 2.01. The zero-order chi connectivity index (χ0) is 26.4. The van der Waals surface area contributed by atoms with E-state index >= 15 is 0 Å². The molecule has 0 saturated carbocycles. The highest BCUT2D eigenvalue weighted by Crippen LogP contribution is 2.28. The van der Waals surface area contributed by atoms with Gasteiger partial charge in [0.25, 0.3) is 5.56 Å². The normalized spacial score (nSPS) is 11.8. The predicted octanol–water partition coefficient (Wildman–Crippen LogP) is 5.34. The third kappa shape index (κ3) is 5.50. The molecular formula is C30H33N3O4. The van der Waals surface area contributed by atoms with Gasteiger partial charge in [-0.05, 0) is 55.3 Å². The lowest BCUT2D eigenvalue weighted by Gasteiger charge is -2.31. The molecule has 3 aromatic carbocycles. The predicted molar refractivity (Wildman–Crippen MR) is 146 cm³/mol. The standard InChI is InChI=1S/C30H33N3O4/c1-5-6-19-32(28(34)20-22-15-17-23(36-3)18-16-22)21(2)29-31-25-12-8-7-11-24(25)30(35)33(29)26-13-9-10-14-27(26)37-4/h7-18,21H,5-6,19-20H2,1-4H3. The van der Waals surface area contributed by atoms with Crippen LogP contribution in [-0.4, -0.2) is 41.1 Å². The molecule has 0 fully saturated rings. The van der Waals surface area contributed by atoms with Crippen molar-refractivity contribution < 1.29 is 14.3 Å². The van der Waals surface area contributed by atoms with Crippen LogP contribution in [0.15, 0.2) is 77.6 Å². The average Bonchev–Trinajstić information content (AvgIpc) is 2.93. The van der Waals surface area contributed by atoms with Crippen molar-refractivity contribution in [2.24, 2.45) is 0 Å². The third-order valence-electron chi connectivity index (χ3n) is 6.56. The molecule has 7 nitrogen and oxygen atoms in total. The Hall–Kier alpha value is -4.13. The van der Waals surface area contributed by atoms with E-state index in [9.17, 15) is 9.59 Å². The van der Waals surface area contributed by atoms with Gasteiger partial charge in [0.15, 0.2) is 0 Å². The molecule has 0 aliphatic carbocycles. The third-order valence-corrected chi connectivity index (χ3v) is 6.56. The van der Waals surface area contributed by atoms with E-state index in [1.54, 1.807) is 24.9 Å². The maximum absolute atomic E-state index is 13.8. The van der Waals surface area contributed by atoms with Crippen LogP contribution in [0.4, 0.5) is 0 Å². The first-order valence-corrected chi connectivity index (χ1v) is 12.6. The van der Waals surface area contributed by atoms with Crippen molar-refractivity contribution in [2.45, 2.75) is 39.2 Å². The Bertz CT molecular complexity index is 1430. The summed E-state index contributed by atoms with van der Waals surface area (Å²) in [5.41, 5.74) is 1.88. The Morgan fingerprint density at radius 2 is 1.68 bits per heavy atom. The minimum absolute atomic E-state index is 0.0277. The van der Waals surface area contributed by atoms with Gasteiger partial charge in [-0.1, -0.05) is 49.7 Å². The quantitative estimate of drug-likeness (QED) is 0.295. The van der Waals surface area contributed by atoms with Crippen LogP contribution < -0.4 is 15.0 Å². The molecule has 0 aliphatic heterocycles. The van der Waals surface area contributed by atoms with Crippen molar-refractivity contribution in [3.8, 4) is 17.2 Å². The monoisotopic (exact) mass is 499 g/mol. The molecule has 1 unspecified atom stereocenters. The van der Waals surface area contributed by atoms with Crippen molar-refractivity contribution in [2.75, 3.05) is 20.8 Å². The number of benzene rings is 3. The maximum Gasteiger partial charge on any atom is 0.266 e. The second kappa shape index (κ2) is 11.7. The van der Waals surface area contributed by atoms with Crippen LogP contribution in [0.1, 0.15) is 44.1 Å². The number of unbranched alkanes of at least 4 members (excludes halogenated alkanes) is 1. The van der Waals surface area contributed by atoms with Gasteiger partial charge in [-0.2, -0.15) is 0 Å². The fraction of sp³-hybridized carbons (Fsp3) is 0.300. The zero-order valence-electron chi connectivity index (χ0n) is 21.8. The second-order valence-corrected chi connectivity index (χ2v) is 8.94. The minimum Gasteiger partial charge on any atom is -0.497 e. The van der Waals surface area contributed by atoms with Gasteiger partial charge in [0, 0.05) is 6.54 Å². The molecule has 192 valence electrons. The average molecular weight is 500 g/mol. The summed E-state index contributed by atoms with van der Waals surface area (Å²) in [5.74, 6) is 1.76. The number of nitrogens with zero attached hydrogens (tertiary/aromatic N) is 3. The summed E-state index contributed by atoms with van der Waals surface area (Å²) in [6.45, 7) is 4.58. The summed E-state index contributed by atoms with van der Waals surface area (Å²) >= 11 is 0. The Labute approximate surface area is 217 Å². The smallest absolute Gasteiger partial charge is 0.266 e. The highest BCUT2D eigenvalue weighted by atomic mass is 16.5. The molecule has 0 N–H and O–H groups in total. The van der Waals surface area contributed by atoms with Crippen LogP contribution in [0.5, 0.6) is 11.5 Å². The van der Waals surface area contributed by atoms with Gasteiger partial charge in [0.1, 0.15) is 17.3 Å². The molecule has 1 amide bonds. The molecule has 0 bridgehead atoms. The van der Waals surface area contributed by atoms with Crippen LogP contribution in [0.3, 0.4) is 0 Å². The number of hydrogen-bond donors (Lipinski definition) is 0. The molecule has 1 aromatic heterocycles. The summed E-state index contributed by atoms with van der Waals surface area (Å²) in [4.78, 5) is 34.2. The molecule has 0 spiro atoms.